The summed E-state index contributed by atoms with van der Waals surface area (Å²) in [5.74, 6) is 0.644. The van der Waals surface area contributed by atoms with Crippen molar-refractivity contribution >= 4 is 17.3 Å². The van der Waals surface area contributed by atoms with Crippen molar-refractivity contribution in [3.8, 4) is 11.5 Å². The first-order valence-corrected chi connectivity index (χ1v) is 7.01. The maximum atomic E-state index is 11.0. The van der Waals surface area contributed by atoms with E-state index in [-0.39, 0.29) is 6.79 Å². The van der Waals surface area contributed by atoms with Crippen molar-refractivity contribution in [1.29, 1.82) is 0 Å². The molecule has 1 aromatic heterocycles. The number of fused-ring (bicyclic) bond motifs is 1. The second-order valence-corrected chi connectivity index (χ2v) is 5.29. The molecule has 20 heavy (non-hydrogen) atoms. The molecule has 2 N–H and O–H groups in total. The molecule has 5 nitrogen and oxygen atoms in total. The summed E-state index contributed by atoms with van der Waals surface area (Å²) in [6.07, 6.45) is 0. The van der Waals surface area contributed by atoms with Crippen molar-refractivity contribution in [1.82, 2.24) is 5.32 Å². The lowest BCUT2D eigenvalue weighted by Gasteiger charge is -2.06. The van der Waals surface area contributed by atoms with Gasteiger partial charge in [-0.05, 0) is 34.7 Å². The van der Waals surface area contributed by atoms with Crippen LogP contribution < -0.4 is 14.8 Å². The van der Waals surface area contributed by atoms with Crippen molar-refractivity contribution in [3.05, 3.63) is 45.6 Å². The van der Waals surface area contributed by atoms with E-state index in [4.69, 9.17) is 14.6 Å². The number of benzene rings is 1. The van der Waals surface area contributed by atoms with Gasteiger partial charge in [0.05, 0.1) is 0 Å². The second kappa shape index (κ2) is 5.52. The highest BCUT2D eigenvalue weighted by molar-refractivity contribution is 7.12. The van der Waals surface area contributed by atoms with Crippen LogP contribution in [0.1, 0.15) is 20.8 Å². The largest absolute Gasteiger partial charge is 0.477 e. The van der Waals surface area contributed by atoms with Crippen molar-refractivity contribution in [2.45, 2.75) is 13.1 Å². The Kier molecular flexibility index (Phi) is 3.58. The van der Waals surface area contributed by atoms with Gasteiger partial charge in [0.1, 0.15) is 4.88 Å². The van der Waals surface area contributed by atoms with E-state index in [1.807, 2.05) is 24.3 Å². The SMILES string of the molecule is O=C(O)c1sccc1CNCc1ccc2c(c1)OCO2. The van der Waals surface area contributed by atoms with Crippen LogP contribution in [0.15, 0.2) is 29.6 Å². The van der Waals surface area contributed by atoms with Gasteiger partial charge in [0.2, 0.25) is 6.79 Å². The number of aromatic carboxylic acids is 1. The standard InChI is InChI=1S/C14H13NO4S/c16-14(17)13-10(3-4-20-13)7-15-6-9-1-2-11-12(5-9)19-8-18-11/h1-5,15H,6-8H2,(H,16,17). The molecule has 0 saturated heterocycles. The monoisotopic (exact) mass is 291 g/mol. The highest BCUT2D eigenvalue weighted by Gasteiger charge is 2.13. The molecule has 0 bridgehead atoms. The Morgan fingerprint density at radius 3 is 2.95 bits per heavy atom. The number of carbonyl (C=O) groups is 1. The molecular formula is C14H13NO4S. The van der Waals surface area contributed by atoms with Crippen LogP contribution in [0.25, 0.3) is 0 Å². The number of hydrogen-bond donors (Lipinski definition) is 2. The minimum absolute atomic E-state index is 0.267. The van der Waals surface area contributed by atoms with E-state index in [9.17, 15) is 4.79 Å². The van der Waals surface area contributed by atoms with Crippen LogP contribution in [0.5, 0.6) is 11.5 Å². The van der Waals surface area contributed by atoms with Crippen molar-refractivity contribution in [3.63, 3.8) is 0 Å². The lowest BCUT2D eigenvalue weighted by molar-refractivity contribution is 0.0701. The molecule has 1 aliphatic rings. The Labute approximate surface area is 119 Å². The minimum Gasteiger partial charge on any atom is -0.477 e. The number of carboxylic acids is 1. The van der Waals surface area contributed by atoms with E-state index in [1.54, 1.807) is 5.38 Å². The van der Waals surface area contributed by atoms with Gasteiger partial charge in [-0.25, -0.2) is 4.79 Å². The van der Waals surface area contributed by atoms with E-state index < -0.39 is 5.97 Å². The van der Waals surface area contributed by atoms with Crippen LogP contribution >= 0.6 is 11.3 Å². The Hall–Kier alpha value is -2.05. The number of nitrogens with one attached hydrogen (secondary N) is 1. The third-order valence-corrected chi connectivity index (χ3v) is 3.97. The van der Waals surface area contributed by atoms with Gasteiger partial charge < -0.3 is 19.9 Å². The fourth-order valence-corrected chi connectivity index (χ4v) is 2.82. The lowest BCUT2D eigenvalue weighted by Crippen LogP contribution is -2.14. The number of ether oxygens (including phenoxy) is 2. The Morgan fingerprint density at radius 2 is 2.10 bits per heavy atom. The van der Waals surface area contributed by atoms with Crippen LogP contribution in [0, 0.1) is 0 Å². The average molecular weight is 291 g/mol. The maximum Gasteiger partial charge on any atom is 0.346 e. The topological polar surface area (TPSA) is 67.8 Å². The maximum absolute atomic E-state index is 11.0. The van der Waals surface area contributed by atoms with Crippen LogP contribution in [0.2, 0.25) is 0 Å². The third kappa shape index (κ3) is 2.61. The summed E-state index contributed by atoms with van der Waals surface area (Å²) in [5, 5.41) is 14.1. The predicted molar refractivity (Wildman–Crippen MR) is 74.4 cm³/mol. The van der Waals surface area contributed by atoms with Crippen LogP contribution in [-0.2, 0) is 13.1 Å². The zero-order valence-corrected chi connectivity index (χ0v) is 11.4. The molecule has 104 valence electrons. The van der Waals surface area contributed by atoms with Gasteiger partial charge in [-0.3, -0.25) is 0 Å². The molecule has 0 amide bonds. The summed E-state index contributed by atoms with van der Waals surface area (Å²) in [5.41, 5.74) is 1.88. The summed E-state index contributed by atoms with van der Waals surface area (Å²) < 4.78 is 10.6. The first-order valence-electron chi connectivity index (χ1n) is 6.13. The Balaban J connectivity index is 1.60. The third-order valence-electron chi connectivity index (χ3n) is 3.02. The van der Waals surface area contributed by atoms with Gasteiger partial charge in [0.15, 0.2) is 11.5 Å². The van der Waals surface area contributed by atoms with Crippen molar-refractivity contribution < 1.29 is 19.4 Å². The molecule has 1 aliphatic heterocycles. The van der Waals surface area contributed by atoms with Gasteiger partial charge in [-0.2, -0.15) is 0 Å². The number of hydrogen-bond acceptors (Lipinski definition) is 5. The summed E-state index contributed by atoms with van der Waals surface area (Å²) in [7, 11) is 0. The zero-order chi connectivity index (χ0) is 13.9. The smallest absolute Gasteiger partial charge is 0.346 e. The Bertz CT molecular complexity index is 638. The normalized spacial score (nSPS) is 12.6. The van der Waals surface area contributed by atoms with Gasteiger partial charge in [0.25, 0.3) is 0 Å². The summed E-state index contributed by atoms with van der Waals surface area (Å²) in [6.45, 7) is 1.44. The van der Waals surface area contributed by atoms with Gasteiger partial charge >= 0.3 is 5.97 Å². The van der Waals surface area contributed by atoms with Crippen LogP contribution in [0.4, 0.5) is 0 Å². The van der Waals surface area contributed by atoms with Crippen LogP contribution in [-0.4, -0.2) is 17.9 Å². The fourth-order valence-electron chi connectivity index (χ4n) is 2.05. The minimum atomic E-state index is -0.875. The van der Waals surface area contributed by atoms with Gasteiger partial charge in [-0.15, -0.1) is 11.3 Å². The van der Waals surface area contributed by atoms with E-state index in [0.29, 0.717) is 18.0 Å². The van der Waals surface area contributed by atoms with Gasteiger partial charge in [-0.1, -0.05) is 6.07 Å². The molecule has 2 heterocycles. The van der Waals surface area contributed by atoms with Gasteiger partial charge in [0, 0.05) is 13.1 Å². The van der Waals surface area contributed by atoms with E-state index >= 15 is 0 Å². The first-order chi connectivity index (χ1) is 9.74. The molecule has 0 fully saturated rings. The Morgan fingerprint density at radius 1 is 1.25 bits per heavy atom. The molecule has 0 atom stereocenters. The molecular weight excluding hydrogens is 278 g/mol. The van der Waals surface area contributed by atoms with Crippen LogP contribution in [0.3, 0.4) is 0 Å². The number of thiophene rings is 1. The highest BCUT2D eigenvalue weighted by atomic mass is 32.1. The summed E-state index contributed by atoms with van der Waals surface area (Å²) in [4.78, 5) is 11.4. The average Bonchev–Trinajstić information content (AvgIpc) is 3.06. The molecule has 1 aromatic carbocycles. The quantitative estimate of drug-likeness (QED) is 0.885. The molecule has 0 radical (unpaired) electrons. The second-order valence-electron chi connectivity index (χ2n) is 4.37. The van der Waals surface area contributed by atoms with E-state index in [2.05, 4.69) is 5.32 Å². The fraction of sp³-hybridized carbons (Fsp3) is 0.214. The molecule has 2 aromatic rings. The molecule has 0 spiro atoms. The molecule has 6 heteroatoms. The summed E-state index contributed by atoms with van der Waals surface area (Å²) >= 11 is 1.24. The molecule has 0 aliphatic carbocycles. The van der Waals surface area contributed by atoms with E-state index in [1.165, 1.54) is 11.3 Å². The first kappa shape index (κ1) is 13.0. The lowest BCUT2D eigenvalue weighted by atomic mass is 10.2. The summed E-state index contributed by atoms with van der Waals surface area (Å²) in [6, 6.07) is 7.61. The number of carboxylic acid groups (broad SMARTS) is 1. The molecule has 3 rings (SSSR count). The van der Waals surface area contributed by atoms with Crippen molar-refractivity contribution in [2.24, 2.45) is 0 Å². The highest BCUT2D eigenvalue weighted by Crippen LogP contribution is 2.32. The zero-order valence-electron chi connectivity index (χ0n) is 10.6. The molecule has 0 saturated carbocycles. The predicted octanol–water partition coefficient (Wildman–Crippen LogP) is 2.46. The van der Waals surface area contributed by atoms with E-state index in [0.717, 1.165) is 22.6 Å². The molecule has 0 unspecified atom stereocenters. The number of rotatable bonds is 5. The van der Waals surface area contributed by atoms with Crippen molar-refractivity contribution in [2.75, 3.05) is 6.79 Å².